The van der Waals surface area contributed by atoms with E-state index in [0.717, 1.165) is 21.2 Å². The lowest BCUT2D eigenvalue weighted by Crippen LogP contribution is -2.00. The highest BCUT2D eigenvalue weighted by molar-refractivity contribution is 14.1. The highest BCUT2D eigenvalue weighted by atomic mass is 127. The molecule has 0 fully saturated rings. The predicted octanol–water partition coefficient (Wildman–Crippen LogP) is 5.74. The van der Waals surface area contributed by atoms with Crippen LogP contribution in [0, 0.1) is 10.5 Å². The van der Waals surface area contributed by atoms with Crippen LogP contribution in [0.15, 0.2) is 45.3 Å². The van der Waals surface area contributed by atoms with Crippen LogP contribution in [-0.4, -0.2) is 0 Å². The fraction of sp³-hybridized carbons (Fsp3) is 0.143. The number of halogens is 3. The fourth-order valence-corrected chi connectivity index (χ4v) is 3.33. The summed E-state index contributed by atoms with van der Waals surface area (Å²) >= 11 is 9.40. The first-order valence-electron chi connectivity index (χ1n) is 5.50. The highest BCUT2D eigenvalue weighted by Crippen LogP contribution is 2.25. The molecule has 1 nitrogen and oxygen atoms in total. The monoisotopic (exact) mass is 479 g/mol. The van der Waals surface area contributed by atoms with Crippen LogP contribution in [0.25, 0.3) is 0 Å². The molecule has 2 rings (SSSR count). The lowest BCUT2D eigenvalue weighted by molar-refractivity contribution is 1.13. The Balaban J connectivity index is 2.09. The smallest absolute Gasteiger partial charge is 0.0488 e. The quantitative estimate of drug-likeness (QED) is 0.553. The van der Waals surface area contributed by atoms with E-state index in [2.05, 4.69) is 103 Å². The zero-order valence-corrected chi connectivity index (χ0v) is 15.1. The number of hydrogen-bond donors (Lipinski definition) is 1. The van der Waals surface area contributed by atoms with Crippen LogP contribution in [0.4, 0.5) is 5.69 Å². The van der Waals surface area contributed by atoms with Gasteiger partial charge in [0.2, 0.25) is 0 Å². The molecular formula is C14H12Br2IN. The van der Waals surface area contributed by atoms with Crippen molar-refractivity contribution in [2.24, 2.45) is 0 Å². The topological polar surface area (TPSA) is 12.0 Å². The Morgan fingerprint density at radius 3 is 2.50 bits per heavy atom. The predicted molar refractivity (Wildman–Crippen MR) is 93.1 cm³/mol. The number of hydrogen-bond acceptors (Lipinski definition) is 1. The van der Waals surface area contributed by atoms with E-state index in [-0.39, 0.29) is 0 Å². The van der Waals surface area contributed by atoms with Crippen molar-refractivity contribution >= 4 is 60.1 Å². The minimum Gasteiger partial charge on any atom is -0.380 e. The van der Waals surface area contributed by atoms with Gasteiger partial charge in [-0.25, -0.2) is 0 Å². The molecule has 0 radical (unpaired) electrons. The minimum atomic E-state index is 0.827. The molecule has 1 N–H and O–H groups in total. The number of rotatable bonds is 3. The van der Waals surface area contributed by atoms with Gasteiger partial charge < -0.3 is 5.32 Å². The van der Waals surface area contributed by atoms with Crippen LogP contribution in [0.2, 0.25) is 0 Å². The van der Waals surface area contributed by atoms with E-state index in [9.17, 15) is 0 Å². The zero-order valence-electron chi connectivity index (χ0n) is 9.81. The lowest BCUT2D eigenvalue weighted by atomic mass is 10.1. The zero-order chi connectivity index (χ0) is 13.1. The van der Waals surface area contributed by atoms with E-state index in [1.165, 1.54) is 14.7 Å². The minimum absolute atomic E-state index is 0.827. The van der Waals surface area contributed by atoms with Crippen LogP contribution < -0.4 is 5.32 Å². The standard InChI is InChI=1S/C14H12Br2IN/c1-9-6-10(2-4-12(9)15)8-18-14-5-3-11(17)7-13(14)16/h2-7,18H,8H2,1H3. The second kappa shape index (κ2) is 6.39. The second-order valence-corrected chi connectivity index (χ2v) is 7.02. The molecule has 2 aromatic carbocycles. The van der Waals surface area contributed by atoms with Gasteiger partial charge in [0.15, 0.2) is 0 Å². The number of anilines is 1. The van der Waals surface area contributed by atoms with Crippen LogP contribution in [0.3, 0.4) is 0 Å². The molecule has 0 bridgehead atoms. The number of benzene rings is 2. The van der Waals surface area contributed by atoms with Gasteiger partial charge in [0, 0.05) is 24.7 Å². The van der Waals surface area contributed by atoms with E-state index < -0.39 is 0 Å². The molecule has 0 amide bonds. The first-order valence-corrected chi connectivity index (χ1v) is 8.16. The van der Waals surface area contributed by atoms with Gasteiger partial charge >= 0.3 is 0 Å². The Morgan fingerprint density at radius 1 is 1.06 bits per heavy atom. The molecule has 0 saturated heterocycles. The van der Waals surface area contributed by atoms with Crippen molar-refractivity contribution in [2.45, 2.75) is 13.5 Å². The molecule has 18 heavy (non-hydrogen) atoms. The third kappa shape index (κ3) is 3.71. The molecule has 94 valence electrons. The van der Waals surface area contributed by atoms with Crippen LogP contribution in [0.5, 0.6) is 0 Å². The van der Waals surface area contributed by atoms with Gasteiger partial charge in [-0.2, -0.15) is 0 Å². The summed E-state index contributed by atoms with van der Waals surface area (Å²) in [4.78, 5) is 0. The van der Waals surface area contributed by atoms with Crippen molar-refractivity contribution in [1.29, 1.82) is 0 Å². The van der Waals surface area contributed by atoms with Crippen molar-refractivity contribution < 1.29 is 0 Å². The summed E-state index contributed by atoms with van der Waals surface area (Å²) in [6.07, 6.45) is 0. The summed E-state index contributed by atoms with van der Waals surface area (Å²) in [5, 5.41) is 3.44. The molecule has 0 saturated carbocycles. The molecule has 0 aliphatic rings. The number of aryl methyl sites for hydroxylation is 1. The summed E-state index contributed by atoms with van der Waals surface area (Å²) in [6, 6.07) is 12.7. The van der Waals surface area contributed by atoms with Gasteiger partial charge in [0.25, 0.3) is 0 Å². The Bertz CT molecular complexity index is 570. The molecule has 0 heterocycles. The maximum atomic E-state index is 3.57. The average Bonchev–Trinajstić information content (AvgIpc) is 2.32. The summed E-state index contributed by atoms with van der Waals surface area (Å²) in [7, 11) is 0. The molecule has 0 aliphatic heterocycles. The van der Waals surface area contributed by atoms with Crippen molar-refractivity contribution in [3.8, 4) is 0 Å². The normalized spacial score (nSPS) is 10.4. The molecule has 2 aromatic rings. The van der Waals surface area contributed by atoms with Crippen LogP contribution in [0.1, 0.15) is 11.1 Å². The molecule has 0 spiro atoms. The average molecular weight is 481 g/mol. The van der Waals surface area contributed by atoms with Crippen molar-refractivity contribution in [3.63, 3.8) is 0 Å². The van der Waals surface area contributed by atoms with Gasteiger partial charge in [-0.05, 0) is 80.8 Å². The van der Waals surface area contributed by atoms with Crippen molar-refractivity contribution in [3.05, 3.63) is 60.0 Å². The van der Waals surface area contributed by atoms with Gasteiger partial charge in [0.05, 0.1) is 0 Å². The first kappa shape index (κ1) is 14.3. The first-order chi connectivity index (χ1) is 8.56. The van der Waals surface area contributed by atoms with Crippen molar-refractivity contribution in [1.82, 2.24) is 0 Å². The van der Waals surface area contributed by atoms with Crippen LogP contribution >= 0.6 is 54.5 Å². The SMILES string of the molecule is Cc1cc(CNc2ccc(I)cc2Br)ccc1Br. The molecule has 4 heteroatoms. The van der Waals surface area contributed by atoms with E-state index in [0.29, 0.717) is 0 Å². The molecule has 0 atom stereocenters. The molecule has 0 unspecified atom stereocenters. The Kier molecular flexibility index (Phi) is 5.09. The van der Waals surface area contributed by atoms with Crippen molar-refractivity contribution in [2.75, 3.05) is 5.32 Å². The summed E-state index contributed by atoms with van der Waals surface area (Å²) in [6.45, 7) is 2.93. The molecule has 0 aromatic heterocycles. The van der Waals surface area contributed by atoms with E-state index in [1.807, 2.05) is 0 Å². The van der Waals surface area contributed by atoms with E-state index in [4.69, 9.17) is 0 Å². The van der Waals surface area contributed by atoms with Gasteiger partial charge in [0.1, 0.15) is 0 Å². The Hall–Kier alpha value is -0.0700. The van der Waals surface area contributed by atoms with Crippen LogP contribution in [-0.2, 0) is 6.54 Å². The molecular weight excluding hydrogens is 469 g/mol. The third-order valence-corrected chi connectivity index (χ3v) is 4.85. The third-order valence-electron chi connectivity index (χ3n) is 2.64. The summed E-state index contributed by atoms with van der Waals surface area (Å²) in [5.41, 5.74) is 3.66. The van der Waals surface area contributed by atoms with Gasteiger partial charge in [-0.1, -0.05) is 28.1 Å². The second-order valence-electron chi connectivity index (χ2n) is 4.06. The molecule has 0 aliphatic carbocycles. The highest BCUT2D eigenvalue weighted by Gasteiger charge is 2.01. The number of nitrogens with one attached hydrogen (secondary N) is 1. The largest absolute Gasteiger partial charge is 0.380 e. The fourth-order valence-electron chi connectivity index (χ4n) is 1.65. The van der Waals surface area contributed by atoms with E-state index in [1.54, 1.807) is 0 Å². The Morgan fingerprint density at radius 2 is 1.83 bits per heavy atom. The van der Waals surface area contributed by atoms with Gasteiger partial charge in [-0.15, -0.1) is 0 Å². The Labute approximate surface area is 138 Å². The lowest BCUT2D eigenvalue weighted by Gasteiger charge is -2.10. The summed E-state index contributed by atoms with van der Waals surface area (Å²) < 4.78 is 3.48. The summed E-state index contributed by atoms with van der Waals surface area (Å²) in [5.74, 6) is 0. The maximum Gasteiger partial charge on any atom is 0.0488 e. The maximum absolute atomic E-state index is 3.57. The van der Waals surface area contributed by atoms with E-state index >= 15 is 0 Å². The van der Waals surface area contributed by atoms with Gasteiger partial charge in [-0.3, -0.25) is 0 Å².